The predicted octanol–water partition coefficient (Wildman–Crippen LogP) is 14.6. The summed E-state index contributed by atoms with van der Waals surface area (Å²) in [7, 11) is 0. The molecule has 1 heteroatoms. The van der Waals surface area contributed by atoms with Crippen molar-refractivity contribution in [3.05, 3.63) is 229 Å². The second-order valence-corrected chi connectivity index (χ2v) is 14.1. The van der Waals surface area contributed by atoms with Crippen molar-refractivity contribution in [1.82, 2.24) is 0 Å². The Hall–Kier alpha value is -6.96. The predicted molar refractivity (Wildman–Crippen MR) is 227 cm³/mol. The Morgan fingerprint density at radius 2 is 0.852 bits per heavy atom. The van der Waals surface area contributed by atoms with Crippen LogP contribution in [0.2, 0.25) is 0 Å². The zero-order valence-electron chi connectivity index (χ0n) is 29.7. The van der Waals surface area contributed by atoms with Gasteiger partial charge in [-0.1, -0.05) is 200 Å². The maximum atomic E-state index is 6.37. The Labute approximate surface area is 315 Å². The highest BCUT2D eigenvalue weighted by atomic mass is 16.3. The monoisotopic (exact) mass is 688 g/mol. The average Bonchev–Trinajstić information content (AvgIpc) is 3.64. The lowest BCUT2D eigenvalue weighted by molar-refractivity contribution is 0.670. The number of rotatable bonds is 7. The second-order valence-electron chi connectivity index (χ2n) is 14.1. The van der Waals surface area contributed by atoms with Gasteiger partial charge in [-0.2, -0.15) is 0 Å². The minimum absolute atomic E-state index is 0.0470. The maximum absolute atomic E-state index is 6.37. The van der Waals surface area contributed by atoms with Crippen molar-refractivity contribution in [2.75, 3.05) is 0 Å². The van der Waals surface area contributed by atoms with Crippen LogP contribution in [0, 0.1) is 0 Å². The van der Waals surface area contributed by atoms with E-state index in [1.165, 1.54) is 60.8 Å². The molecule has 1 unspecified atom stereocenters. The number of para-hydroxylation sites is 2. The van der Waals surface area contributed by atoms with E-state index < -0.39 is 0 Å². The molecule has 0 bridgehead atoms. The minimum atomic E-state index is 0.0470. The summed E-state index contributed by atoms with van der Waals surface area (Å²) in [5.41, 5.74) is 15.2. The van der Waals surface area contributed by atoms with Crippen LogP contribution in [0.25, 0.3) is 77.2 Å². The first-order valence-electron chi connectivity index (χ1n) is 18.6. The smallest absolute Gasteiger partial charge is 0.143 e. The third kappa shape index (κ3) is 5.77. The highest BCUT2D eigenvalue weighted by molar-refractivity contribution is 6.09. The summed E-state index contributed by atoms with van der Waals surface area (Å²) >= 11 is 0. The summed E-state index contributed by atoms with van der Waals surface area (Å²) in [6.07, 6.45) is 0. The molecule has 0 radical (unpaired) electrons. The van der Waals surface area contributed by atoms with Crippen LogP contribution in [0.15, 0.2) is 217 Å². The lowest BCUT2D eigenvalue weighted by Gasteiger charge is -2.22. The highest BCUT2D eigenvalue weighted by Gasteiger charge is 2.20. The summed E-state index contributed by atoms with van der Waals surface area (Å²) < 4.78 is 6.37. The third-order valence-electron chi connectivity index (χ3n) is 10.8. The Bertz CT molecular complexity index is 2910. The molecule has 0 aliphatic rings. The Morgan fingerprint density at radius 1 is 0.315 bits per heavy atom. The van der Waals surface area contributed by atoms with Crippen molar-refractivity contribution in [3.8, 4) is 44.5 Å². The van der Waals surface area contributed by atoms with Crippen molar-refractivity contribution in [3.63, 3.8) is 0 Å². The Kier molecular flexibility index (Phi) is 7.96. The van der Waals surface area contributed by atoms with Gasteiger partial charge in [0.2, 0.25) is 0 Å². The molecule has 9 aromatic carbocycles. The Morgan fingerprint density at radius 3 is 1.65 bits per heavy atom. The summed E-state index contributed by atoms with van der Waals surface area (Å²) in [5, 5.41) is 4.82. The van der Waals surface area contributed by atoms with Crippen LogP contribution in [0.4, 0.5) is 0 Å². The number of fused-ring (bicyclic) bond motifs is 4. The van der Waals surface area contributed by atoms with Crippen molar-refractivity contribution >= 4 is 32.7 Å². The molecule has 10 rings (SSSR count). The summed E-state index contributed by atoms with van der Waals surface area (Å²) in [5.74, 6) is 0.0470. The summed E-state index contributed by atoms with van der Waals surface area (Å²) in [6, 6.07) is 76.8. The van der Waals surface area contributed by atoms with Gasteiger partial charge < -0.3 is 4.42 Å². The molecular weight excluding hydrogens is 653 g/mol. The van der Waals surface area contributed by atoms with Gasteiger partial charge >= 0.3 is 0 Å². The lowest BCUT2D eigenvalue weighted by atomic mass is 9.81. The standard InChI is InChI=1S/C53H36O/c1-2-12-36(13-3-1)42-16-8-17-43(34-42)38-28-32-41(33-29-38)52(49-23-10-15-39-14-4-5-20-46(39)49)45-19-9-18-44(35-45)37-26-30-40(31-27-37)47-22-11-24-50-48-21-6-7-25-51(48)54-53(47)50/h1-35,52H. The van der Waals surface area contributed by atoms with E-state index in [1.54, 1.807) is 0 Å². The number of furan rings is 1. The van der Waals surface area contributed by atoms with Crippen LogP contribution in [0.3, 0.4) is 0 Å². The topological polar surface area (TPSA) is 13.1 Å². The zero-order valence-corrected chi connectivity index (χ0v) is 29.7. The van der Waals surface area contributed by atoms with Gasteiger partial charge in [-0.25, -0.2) is 0 Å². The number of hydrogen-bond donors (Lipinski definition) is 0. The molecule has 0 saturated heterocycles. The van der Waals surface area contributed by atoms with Gasteiger partial charge in [0.25, 0.3) is 0 Å². The SMILES string of the molecule is c1ccc(-c2cccc(-c3ccc(C(c4cccc(-c5ccc(-c6cccc7c6oc6ccccc67)cc5)c4)c4cccc5ccccc45)cc3)c2)cc1. The van der Waals surface area contributed by atoms with Gasteiger partial charge in [0.05, 0.1) is 0 Å². The fourth-order valence-corrected chi connectivity index (χ4v) is 8.15. The molecule has 0 amide bonds. The van der Waals surface area contributed by atoms with Gasteiger partial charge in [0.1, 0.15) is 11.2 Å². The zero-order chi connectivity index (χ0) is 35.8. The van der Waals surface area contributed by atoms with Gasteiger partial charge in [-0.15, -0.1) is 0 Å². The molecule has 0 aliphatic carbocycles. The summed E-state index contributed by atoms with van der Waals surface area (Å²) in [4.78, 5) is 0. The third-order valence-corrected chi connectivity index (χ3v) is 10.8. The molecule has 10 aromatic rings. The molecule has 1 nitrogen and oxygen atoms in total. The fraction of sp³-hybridized carbons (Fsp3) is 0.0189. The molecule has 1 aromatic heterocycles. The van der Waals surface area contributed by atoms with Crippen molar-refractivity contribution in [2.45, 2.75) is 5.92 Å². The van der Waals surface area contributed by atoms with Crippen LogP contribution < -0.4 is 0 Å². The minimum Gasteiger partial charge on any atom is -0.455 e. The van der Waals surface area contributed by atoms with Crippen LogP contribution in [0.1, 0.15) is 22.6 Å². The molecule has 54 heavy (non-hydrogen) atoms. The van der Waals surface area contributed by atoms with E-state index in [0.717, 1.165) is 33.1 Å². The normalized spacial score (nSPS) is 12.0. The van der Waals surface area contributed by atoms with Gasteiger partial charge in [-0.05, 0) is 78.5 Å². The van der Waals surface area contributed by atoms with E-state index in [2.05, 4.69) is 200 Å². The molecule has 1 atom stereocenters. The molecule has 1 heterocycles. The van der Waals surface area contributed by atoms with E-state index in [4.69, 9.17) is 4.42 Å². The van der Waals surface area contributed by atoms with E-state index in [9.17, 15) is 0 Å². The molecule has 0 aliphatic heterocycles. The van der Waals surface area contributed by atoms with Crippen LogP contribution >= 0.6 is 0 Å². The second kappa shape index (κ2) is 13.5. The van der Waals surface area contributed by atoms with E-state index in [-0.39, 0.29) is 5.92 Å². The van der Waals surface area contributed by atoms with Gasteiger partial charge in [-0.3, -0.25) is 0 Å². The summed E-state index contributed by atoms with van der Waals surface area (Å²) in [6.45, 7) is 0. The molecule has 0 fully saturated rings. The highest BCUT2D eigenvalue weighted by Crippen LogP contribution is 2.40. The van der Waals surface area contributed by atoms with Crippen LogP contribution in [-0.2, 0) is 0 Å². The van der Waals surface area contributed by atoms with Crippen molar-refractivity contribution in [1.29, 1.82) is 0 Å². The Balaban J connectivity index is 1.03. The van der Waals surface area contributed by atoms with E-state index in [1.807, 2.05) is 12.1 Å². The average molecular weight is 689 g/mol. The van der Waals surface area contributed by atoms with E-state index in [0.29, 0.717) is 0 Å². The number of hydrogen-bond acceptors (Lipinski definition) is 1. The molecule has 0 spiro atoms. The maximum Gasteiger partial charge on any atom is 0.143 e. The van der Waals surface area contributed by atoms with Crippen molar-refractivity contribution < 1.29 is 4.42 Å². The number of benzene rings is 9. The fourth-order valence-electron chi connectivity index (χ4n) is 8.15. The molecular formula is C53H36O. The van der Waals surface area contributed by atoms with Gasteiger partial charge in [0.15, 0.2) is 0 Å². The van der Waals surface area contributed by atoms with Crippen LogP contribution in [-0.4, -0.2) is 0 Å². The molecule has 0 saturated carbocycles. The van der Waals surface area contributed by atoms with Crippen molar-refractivity contribution in [2.24, 2.45) is 0 Å². The molecule has 254 valence electrons. The largest absolute Gasteiger partial charge is 0.455 e. The lowest BCUT2D eigenvalue weighted by Crippen LogP contribution is -2.04. The first-order valence-corrected chi connectivity index (χ1v) is 18.6. The first kappa shape index (κ1) is 31.7. The first-order chi connectivity index (χ1) is 26.8. The quantitative estimate of drug-likeness (QED) is 0.152. The van der Waals surface area contributed by atoms with Crippen LogP contribution in [0.5, 0.6) is 0 Å². The molecule has 0 N–H and O–H groups in total. The van der Waals surface area contributed by atoms with E-state index >= 15 is 0 Å². The van der Waals surface area contributed by atoms with Gasteiger partial charge in [0, 0.05) is 22.3 Å².